The van der Waals surface area contributed by atoms with Gasteiger partial charge in [-0.15, -0.1) is 13.2 Å². The molecule has 2 aromatic rings. The van der Waals surface area contributed by atoms with Crippen LogP contribution in [0, 0.1) is 6.92 Å². The van der Waals surface area contributed by atoms with Gasteiger partial charge in [0.25, 0.3) is 0 Å². The highest BCUT2D eigenvalue weighted by atomic mass is 32.2. The Morgan fingerprint density at radius 3 is 2.46 bits per heavy atom. The number of hydrogen-bond donors (Lipinski definition) is 2. The Balaban J connectivity index is 2.02. The molecular weight excluding hydrogens is 399 g/mol. The molecule has 1 aromatic heterocycles. The molecule has 28 heavy (non-hydrogen) atoms. The van der Waals surface area contributed by atoms with E-state index in [0.29, 0.717) is 17.5 Å². The van der Waals surface area contributed by atoms with Crippen LogP contribution in [0.1, 0.15) is 5.82 Å². The molecule has 0 spiro atoms. The molecule has 0 aliphatic heterocycles. The van der Waals surface area contributed by atoms with E-state index >= 15 is 0 Å². The number of hydrogen-bond acceptors (Lipinski definition) is 7. The van der Waals surface area contributed by atoms with Crippen molar-refractivity contribution in [1.82, 2.24) is 14.7 Å². The van der Waals surface area contributed by atoms with Crippen LogP contribution in [0.4, 0.5) is 24.8 Å². The minimum absolute atomic E-state index is 0.0803. The maximum absolute atomic E-state index is 12.5. The van der Waals surface area contributed by atoms with Crippen molar-refractivity contribution in [3.63, 3.8) is 0 Å². The number of para-hydroxylation sites is 1. The zero-order valence-corrected chi connectivity index (χ0v) is 16.2. The van der Waals surface area contributed by atoms with Crippen molar-refractivity contribution in [2.75, 3.05) is 37.4 Å². The van der Waals surface area contributed by atoms with Gasteiger partial charge in [-0.2, -0.15) is 0 Å². The molecule has 0 fully saturated rings. The summed E-state index contributed by atoms with van der Waals surface area (Å²) in [6.45, 7) is 1.80. The third-order valence-electron chi connectivity index (χ3n) is 3.37. The van der Waals surface area contributed by atoms with Crippen molar-refractivity contribution >= 4 is 21.7 Å². The SMILES string of the molecule is Cc1nc(NCCNS(=O)(=O)c2ccccc2OC(F)(F)F)cc(N(C)C)n1. The molecule has 0 radical (unpaired) electrons. The molecule has 0 saturated carbocycles. The quantitative estimate of drug-likeness (QED) is 0.633. The Bertz CT molecular complexity index is 920. The fourth-order valence-electron chi connectivity index (χ4n) is 2.21. The topological polar surface area (TPSA) is 96.5 Å². The van der Waals surface area contributed by atoms with E-state index in [-0.39, 0.29) is 13.1 Å². The van der Waals surface area contributed by atoms with Gasteiger partial charge in [-0.05, 0) is 19.1 Å². The lowest BCUT2D eigenvalue weighted by molar-refractivity contribution is -0.275. The second-order valence-electron chi connectivity index (χ2n) is 5.87. The Labute approximate surface area is 160 Å². The first-order valence-electron chi connectivity index (χ1n) is 8.09. The number of nitrogens with one attached hydrogen (secondary N) is 2. The highest BCUT2D eigenvalue weighted by Crippen LogP contribution is 2.29. The van der Waals surface area contributed by atoms with E-state index in [1.807, 2.05) is 14.1 Å². The highest BCUT2D eigenvalue weighted by molar-refractivity contribution is 7.89. The van der Waals surface area contributed by atoms with E-state index in [0.717, 1.165) is 12.1 Å². The lowest BCUT2D eigenvalue weighted by Crippen LogP contribution is -2.30. The van der Waals surface area contributed by atoms with Crippen molar-refractivity contribution < 1.29 is 26.3 Å². The summed E-state index contributed by atoms with van der Waals surface area (Å²) in [5.74, 6) is 0.912. The van der Waals surface area contributed by atoms with Crippen LogP contribution in [0.5, 0.6) is 5.75 Å². The van der Waals surface area contributed by atoms with E-state index in [4.69, 9.17) is 0 Å². The minimum Gasteiger partial charge on any atom is -0.404 e. The van der Waals surface area contributed by atoms with Gasteiger partial charge in [0, 0.05) is 33.3 Å². The molecule has 0 bridgehead atoms. The Kier molecular flexibility index (Phi) is 6.67. The van der Waals surface area contributed by atoms with Crippen LogP contribution in [0.3, 0.4) is 0 Å². The number of anilines is 2. The summed E-state index contributed by atoms with van der Waals surface area (Å²) < 4.78 is 68.1. The van der Waals surface area contributed by atoms with Crippen LogP contribution in [-0.2, 0) is 10.0 Å². The number of aryl methyl sites for hydroxylation is 1. The first-order chi connectivity index (χ1) is 13.0. The van der Waals surface area contributed by atoms with E-state index in [1.165, 1.54) is 12.1 Å². The van der Waals surface area contributed by atoms with Gasteiger partial charge in [0.05, 0.1) is 0 Å². The molecule has 0 amide bonds. The molecule has 0 atom stereocenters. The lowest BCUT2D eigenvalue weighted by atomic mass is 10.3. The molecule has 2 rings (SSSR count). The van der Waals surface area contributed by atoms with Crippen molar-refractivity contribution in [1.29, 1.82) is 0 Å². The molecular formula is C16H20F3N5O3S. The zero-order chi connectivity index (χ0) is 20.9. The van der Waals surface area contributed by atoms with Crippen LogP contribution in [0.2, 0.25) is 0 Å². The summed E-state index contributed by atoms with van der Waals surface area (Å²) >= 11 is 0. The maximum atomic E-state index is 12.5. The average Bonchev–Trinajstić information content (AvgIpc) is 2.57. The van der Waals surface area contributed by atoms with E-state index in [1.54, 1.807) is 17.9 Å². The van der Waals surface area contributed by atoms with Crippen molar-refractivity contribution in [3.8, 4) is 5.75 Å². The van der Waals surface area contributed by atoms with Crippen molar-refractivity contribution in [2.45, 2.75) is 18.2 Å². The number of alkyl halides is 3. The molecule has 2 N–H and O–H groups in total. The zero-order valence-electron chi connectivity index (χ0n) is 15.4. The van der Waals surface area contributed by atoms with Gasteiger partial charge < -0.3 is 15.0 Å². The summed E-state index contributed by atoms with van der Waals surface area (Å²) in [6.07, 6.45) is -5.00. The summed E-state index contributed by atoms with van der Waals surface area (Å²) in [7, 11) is -0.564. The Morgan fingerprint density at radius 2 is 1.82 bits per heavy atom. The van der Waals surface area contributed by atoms with Crippen LogP contribution in [0.25, 0.3) is 0 Å². The molecule has 0 unspecified atom stereocenters. The van der Waals surface area contributed by atoms with Gasteiger partial charge in [0.2, 0.25) is 10.0 Å². The number of nitrogens with zero attached hydrogens (tertiary/aromatic N) is 3. The monoisotopic (exact) mass is 419 g/mol. The summed E-state index contributed by atoms with van der Waals surface area (Å²) in [6, 6.07) is 6.22. The standard InChI is InChI=1S/C16H20F3N5O3S/c1-11-22-14(10-15(23-11)24(2)3)20-8-9-21-28(25,26)13-7-5-4-6-12(13)27-16(17,18)19/h4-7,10,21H,8-9H2,1-3H3,(H,20,22,23). The molecule has 154 valence electrons. The van der Waals surface area contributed by atoms with Crippen molar-refractivity contribution in [2.24, 2.45) is 0 Å². The van der Waals surface area contributed by atoms with Crippen molar-refractivity contribution in [3.05, 3.63) is 36.2 Å². The third-order valence-corrected chi connectivity index (χ3v) is 4.87. The number of benzene rings is 1. The molecule has 0 aliphatic carbocycles. The number of halogens is 3. The smallest absolute Gasteiger partial charge is 0.404 e. The van der Waals surface area contributed by atoms with E-state index in [2.05, 4.69) is 24.7 Å². The summed E-state index contributed by atoms with van der Waals surface area (Å²) in [5.41, 5.74) is 0. The van der Waals surface area contributed by atoms with Crippen LogP contribution in [-0.4, -0.2) is 51.9 Å². The predicted octanol–water partition coefficient (Wildman–Crippen LogP) is 2.14. The highest BCUT2D eigenvalue weighted by Gasteiger charge is 2.33. The molecule has 1 heterocycles. The van der Waals surface area contributed by atoms with Gasteiger partial charge in [-0.1, -0.05) is 12.1 Å². The fraction of sp³-hybridized carbons (Fsp3) is 0.375. The summed E-state index contributed by atoms with van der Waals surface area (Å²) in [5, 5.41) is 2.94. The number of aromatic nitrogens is 2. The average molecular weight is 419 g/mol. The lowest BCUT2D eigenvalue weighted by Gasteiger charge is -2.15. The molecule has 0 saturated heterocycles. The van der Waals surface area contributed by atoms with Crippen LogP contribution >= 0.6 is 0 Å². The molecule has 1 aromatic carbocycles. The second kappa shape index (κ2) is 8.61. The number of sulfonamides is 1. The van der Waals surface area contributed by atoms with Gasteiger partial charge in [-0.25, -0.2) is 23.1 Å². The molecule has 0 aliphatic rings. The van der Waals surface area contributed by atoms with Crippen LogP contribution in [0.15, 0.2) is 35.2 Å². The third kappa shape index (κ3) is 6.23. The Morgan fingerprint density at radius 1 is 1.14 bits per heavy atom. The molecule has 8 nitrogen and oxygen atoms in total. The number of ether oxygens (including phenoxy) is 1. The normalized spacial score (nSPS) is 11.9. The van der Waals surface area contributed by atoms with Gasteiger partial charge in [0.15, 0.2) is 0 Å². The first-order valence-corrected chi connectivity index (χ1v) is 9.57. The Hall–Kier alpha value is -2.60. The van der Waals surface area contributed by atoms with Gasteiger partial charge in [0.1, 0.15) is 28.1 Å². The largest absolute Gasteiger partial charge is 0.573 e. The van der Waals surface area contributed by atoms with E-state index in [9.17, 15) is 21.6 Å². The predicted molar refractivity (Wildman–Crippen MR) is 97.9 cm³/mol. The van der Waals surface area contributed by atoms with Gasteiger partial charge in [-0.3, -0.25) is 0 Å². The fourth-order valence-corrected chi connectivity index (χ4v) is 3.37. The van der Waals surface area contributed by atoms with E-state index < -0.39 is 27.0 Å². The molecule has 12 heteroatoms. The minimum atomic E-state index is -5.00. The summed E-state index contributed by atoms with van der Waals surface area (Å²) in [4.78, 5) is 9.62. The maximum Gasteiger partial charge on any atom is 0.573 e. The first kappa shape index (κ1) is 21.7. The number of rotatable bonds is 8. The van der Waals surface area contributed by atoms with Gasteiger partial charge >= 0.3 is 6.36 Å². The van der Waals surface area contributed by atoms with Crippen LogP contribution < -0.4 is 19.7 Å². The second-order valence-corrected chi connectivity index (χ2v) is 7.61.